The molecule has 12 heteroatoms. The van der Waals surface area contributed by atoms with Crippen LogP contribution in [0.3, 0.4) is 0 Å². The Labute approximate surface area is 213 Å². The molecular weight excluding hydrogens is 491 g/mol. The van der Waals surface area contributed by atoms with E-state index in [2.05, 4.69) is 11.4 Å². The van der Waals surface area contributed by atoms with E-state index in [0.717, 1.165) is 4.90 Å². The quantitative estimate of drug-likeness (QED) is 0.570. The number of nitriles is 1. The van der Waals surface area contributed by atoms with Crippen molar-refractivity contribution in [3.63, 3.8) is 0 Å². The highest BCUT2D eigenvalue weighted by Gasteiger charge is 2.56. The van der Waals surface area contributed by atoms with Crippen LogP contribution in [0.1, 0.15) is 45.6 Å². The molecule has 3 rings (SSSR count). The highest BCUT2D eigenvalue weighted by atomic mass is 19.4. The zero-order chi connectivity index (χ0) is 27.7. The van der Waals surface area contributed by atoms with Crippen LogP contribution in [0.4, 0.5) is 18.9 Å². The van der Waals surface area contributed by atoms with E-state index in [1.165, 1.54) is 18.9 Å². The number of nitrogens with zero attached hydrogens (tertiary/aromatic N) is 3. The maximum atomic E-state index is 13.8. The van der Waals surface area contributed by atoms with Gasteiger partial charge in [-0.3, -0.25) is 19.2 Å². The number of hydrogen-bond acceptors (Lipinski definition) is 5. The van der Waals surface area contributed by atoms with E-state index < -0.39 is 53.9 Å². The maximum absolute atomic E-state index is 13.8. The van der Waals surface area contributed by atoms with E-state index in [0.29, 0.717) is 11.3 Å². The Bertz CT molecular complexity index is 1130. The van der Waals surface area contributed by atoms with Gasteiger partial charge in [-0.05, 0) is 30.9 Å². The van der Waals surface area contributed by atoms with Crippen LogP contribution < -0.4 is 10.6 Å². The molecule has 0 aromatic heterocycles. The summed E-state index contributed by atoms with van der Waals surface area (Å²) in [6, 6.07) is 5.88. The number of nitrogens with one attached hydrogen (secondary N) is 2. The van der Waals surface area contributed by atoms with Gasteiger partial charge in [0.2, 0.25) is 23.6 Å². The van der Waals surface area contributed by atoms with Crippen LogP contribution in [-0.2, 0) is 24.6 Å². The number of rotatable bonds is 7. The topological polar surface area (TPSA) is 123 Å². The second-order valence-corrected chi connectivity index (χ2v) is 10.1. The molecule has 1 aromatic rings. The van der Waals surface area contributed by atoms with E-state index in [1.807, 2.05) is 19.2 Å². The first-order chi connectivity index (χ1) is 17.2. The first kappa shape index (κ1) is 28.0. The highest BCUT2D eigenvalue weighted by Crippen LogP contribution is 2.46. The fourth-order valence-corrected chi connectivity index (χ4v) is 5.04. The van der Waals surface area contributed by atoms with Gasteiger partial charge in [-0.1, -0.05) is 32.0 Å². The van der Waals surface area contributed by atoms with Crippen molar-refractivity contribution in [2.24, 2.45) is 5.92 Å². The lowest BCUT2D eigenvalue weighted by Crippen LogP contribution is -2.55. The Kier molecular flexibility index (Phi) is 7.86. The molecule has 0 saturated carbocycles. The van der Waals surface area contributed by atoms with Crippen LogP contribution in [0.25, 0.3) is 0 Å². The Balaban J connectivity index is 1.84. The number of para-hydroxylation sites is 1. The Hall–Kier alpha value is -3.62. The minimum atomic E-state index is -4.72. The van der Waals surface area contributed by atoms with Crippen LogP contribution in [0.15, 0.2) is 24.3 Å². The summed E-state index contributed by atoms with van der Waals surface area (Å²) in [7, 11) is 1.34. The molecule has 1 fully saturated rings. The standard InChI is InChI=1S/C25H30F3N5O4/c1-14(2)9-19(32(4)21(35)15(3)30-20(34)11-25(26,27)28)22(36)33-13-24(10-16(33)12-29)17-7-5-6-8-18(17)31-23(24)37/h5-8,14-16,19H,9-11,13H2,1-4H3,(H,30,34)(H,31,37)/t15-,16-,19-,24-/m0/s1. The van der Waals surface area contributed by atoms with E-state index in [4.69, 9.17) is 0 Å². The number of likely N-dealkylation sites (N-methyl/N-ethyl adjacent to an activating group) is 1. The third-order valence-corrected chi connectivity index (χ3v) is 6.82. The number of hydrogen-bond donors (Lipinski definition) is 2. The lowest BCUT2D eigenvalue weighted by molar-refractivity contribution is -0.156. The van der Waals surface area contributed by atoms with Gasteiger partial charge in [0.15, 0.2) is 0 Å². The molecule has 0 aliphatic carbocycles. The summed E-state index contributed by atoms with van der Waals surface area (Å²) >= 11 is 0. The summed E-state index contributed by atoms with van der Waals surface area (Å²) in [4.78, 5) is 54.0. The number of benzene rings is 1. The Morgan fingerprint density at radius 3 is 2.51 bits per heavy atom. The maximum Gasteiger partial charge on any atom is 0.397 e. The zero-order valence-electron chi connectivity index (χ0n) is 21.1. The highest BCUT2D eigenvalue weighted by molar-refractivity contribution is 6.07. The Morgan fingerprint density at radius 1 is 1.27 bits per heavy atom. The lowest BCUT2D eigenvalue weighted by atomic mass is 9.80. The van der Waals surface area contributed by atoms with Gasteiger partial charge >= 0.3 is 6.18 Å². The minimum absolute atomic E-state index is 0.0542. The van der Waals surface area contributed by atoms with Gasteiger partial charge < -0.3 is 20.4 Å². The molecule has 2 N–H and O–H groups in total. The third kappa shape index (κ3) is 5.70. The second-order valence-electron chi connectivity index (χ2n) is 10.1. The minimum Gasteiger partial charge on any atom is -0.344 e. The summed E-state index contributed by atoms with van der Waals surface area (Å²) < 4.78 is 37.6. The average Bonchev–Trinajstić information content (AvgIpc) is 3.33. The molecule has 0 bridgehead atoms. The van der Waals surface area contributed by atoms with Crippen molar-refractivity contribution in [2.75, 3.05) is 18.9 Å². The number of amides is 4. The van der Waals surface area contributed by atoms with Crippen LogP contribution >= 0.6 is 0 Å². The number of likely N-dealkylation sites (tertiary alicyclic amines) is 1. The van der Waals surface area contributed by atoms with Crippen molar-refractivity contribution in [2.45, 2.75) is 69.8 Å². The number of halogens is 3. The molecule has 4 atom stereocenters. The SMILES string of the molecule is CC(C)C[C@@H](C(=O)N1C[C@]2(C[C@H]1C#N)C(=O)Nc1ccccc12)N(C)C(=O)[C@H](C)NC(=O)CC(F)(F)F. The molecule has 1 aromatic carbocycles. The van der Waals surface area contributed by atoms with E-state index in [9.17, 15) is 37.6 Å². The molecule has 9 nitrogen and oxygen atoms in total. The van der Waals surface area contributed by atoms with Gasteiger partial charge in [0.05, 0.1) is 11.5 Å². The van der Waals surface area contributed by atoms with Crippen molar-refractivity contribution in [3.8, 4) is 6.07 Å². The van der Waals surface area contributed by atoms with E-state index in [1.54, 1.807) is 24.3 Å². The normalized spacial score (nSPS) is 22.3. The second kappa shape index (κ2) is 10.4. The molecule has 4 amide bonds. The van der Waals surface area contributed by atoms with Crippen LogP contribution in [0, 0.1) is 17.2 Å². The molecule has 200 valence electrons. The van der Waals surface area contributed by atoms with Crippen LogP contribution in [-0.4, -0.2) is 71.3 Å². The van der Waals surface area contributed by atoms with Crippen molar-refractivity contribution in [1.82, 2.24) is 15.1 Å². The average molecular weight is 522 g/mol. The van der Waals surface area contributed by atoms with Crippen molar-refractivity contribution in [1.29, 1.82) is 5.26 Å². The number of carbonyl (C=O) groups is 4. The Morgan fingerprint density at radius 2 is 1.92 bits per heavy atom. The summed E-state index contributed by atoms with van der Waals surface area (Å²) in [5.74, 6) is -3.02. The summed E-state index contributed by atoms with van der Waals surface area (Å²) in [6.07, 6.45) is -6.16. The molecule has 37 heavy (non-hydrogen) atoms. The molecule has 1 spiro atoms. The van der Waals surface area contributed by atoms with Crippen LogP contribution in [0.5, 0.6) is 0 Å². The van der Waals surface area contributed by atoms with Gasteiger partial charge in [-0.25, -0.2) is 0 Å². The van der Waals surface area contributed by atoms with Crippen molar-refractivity contribution >= 4 is 29.3 Å². The van der Waals surface area contributed by atoms with Crippen LogP contribution in [0.2, 0.25) is 0 Å². The van der Waals surface area contributed by atoms with Crippen molar-refractivity contribution < 1.29 is 32.3 Å². The van der Waals surface area contributed by atoms with Gasteiger partial charge in [-0.15, -0.1) is 0 Å². The fraction of sp³-hybridized carbons (Fsp3) is 0.560. The third-order valence-electron chi connectivity index (χ3n) is 6.82. The fourth-order valence-electron chi connectivity index (χ4n) is 5.04. The number of anilines is 1. The summed E-state index contributed by atoms with van der Waals surface area (Å²) in [5.41, 5.74) is 0.213. The van der Waals surface area contributed by atoms with E-state index >= 15 is 0 Å². The molecule has 0 unspecified atom stereocenters. The summed E-state index contributed by atoms with van der Waals surface area (Å²) in [5, 5.41) is 14.7. The molecular formula is C25H30F3N5O4. The largest absolute Gasteiger partial charge is 0.397 e. The zero-order valence-corrected chi connectivity index (χ0v) is 21.1. The van der Waals surface area contributed by atoms with Crippen molar-refractivity contribution in [3.05, 3.63) is 29.8 Å². The predicted octanol–water partition coefficient (Wildman–Crippen LogP) is 2.33. The predicted molar refractivity (Wildman–Crippen MR) is 127 cm³/mol. The van der Waals surface area contributed by atoms with E-state index in [-0.39, 0.29) is 31.2 Å². The summed E-state index contributed by atoms with van der Waals surface area (Å²) in [6.45, 7) is 4.86. The lowest BCUT2D eigenvalue weighted by Gasteiger charge is -2.34. The molecule has 0 radical (unpaired) electrons. The molecule has 1 saturated heterocycles. The van der Waals surface area contributed by atoms with Gasteiger partial charge in [0.25, 0.3) is 0 Å². The number of alkyl halides is 3. The molecule has 2 aliphatic rings. The monoisotopic (exact) mass is 521 g/mol. The number of carbonyl (C=O) groups excluding carboxylic acids is 4. The van der Waals surface area contributed by atoms with Gasteiger partial charge in [0, 0.05) is 25.7 Å². The smallest absolute Gasteiger partial charge is 0.344 e. The first-order valence-corrected chi connectivity index (χ1v) is 11.9. The first-order valence-electron chi connectivity index (χ1n) is 11.9. The number of fused-ring (bicyclic) bond motifs is 2. The van der Waals surface area contributed by atoms with Gasteiger partial charge in [0.1, 0.15) is 24.5 Å². The molecule has 2 heterocycles. The molecule has 2 aliphatic heterocycles. The van der Waals surface area contributed by atoms with Gasteiger partial charge in [-0.2, -0.15) is 18.4 Å².